The zero-order valence-corrected chi connectivity index (χ0v) is 14.6. The summed E-state index contributed by atoms with van der Waals surface area (Å²) in [6.45, 7) is 6.31. The first-order valence-electron chi connectivity index (χ1n) is 8.34. The average Bonchev–Trinajstić information content (AvgIpc) is 2.80. The van der Waals surface area contributed by atoms with Crippen LogP contribution in [-0.2, 0) is 9.53 Å². The number of ether oxygens (including phenoxy) is 1. The first-order chi connectivity index (χ1) is 11.9. The van der Waals surface area contributed by atoms with E-state index < -0.39 is 4.92 Å². The van der Waals surface area contributed by atoms with Gasteiger partial charge in [-0.1, -0.05) is 0 Å². The Bertz CT molecular complexity index is 662. The highest BCUT2D eigenvalue weighted by atomic mass is 16.6. The molecule has 0 radical (unpaired) electrons. The molecule has 0 atom stereocenters. The van der Waals surface area contributed by atoms with Crippen molar-refractivity contribution in [2.75, 3.05) is 44.2 Å². The van der Waals surface area contributed by atoms with Crippen molar-refractivity contribution in [2.24, 2.45) is 0 Å². The highest BCUT2D eigenvalue weighted by Crippen LogP contribution is 2.30. The molecular weight excluding hydrogens is 326 g/mol. The van der Waals surface area contributed by atoms with Crippen LogP contribution in [0.5, 0.6) is 0 Å². The minimum absolute atomic E-state index is 0.0634. The van der Waals surface area contributed by atoms with Crippen LogP contribution in [-0.4, -0.2) is 60.9 Å². The van der Waals surface area contributed by atoms with Crippen LogP contribution in [0.15, 0.2) is 18.2 Å². The number of rotatable bonds is 6. The molecule has 1 aliphatic heterocycles. The third-order valence-corrected chi connectivity index (χ3v) is 4.17. The lowest BCUT2D eigenvalue weighted by molar-refractivity contribution is -0.384. The molecule has 1 aliphatic rings. The fourth-order valence-electron chi connectivity index (χ4n) is 2.92. The molecular formula is C17H23N3O5. The van der Waals surface area contributed by atoms with Crippen molar-refractivity contribution in [3.8, 4) is 0 Å². The maximum absolute atomic E-state index is 11.6. The number of hydrogen-bond donors (Lipinski definition) is 0. The number of anilines is 1. The van der Waals surface area contributed by atoms with Crippen molar-refractivity contribution in [3.05, 3.63) is 33.9 Å². The summed E-state index contributed by atoms with van der Waals surface area (Å²) in [6.07, 6.45) is 0.783. The summed E-state index contributed by atoms with van der Waals surface area (Å²) >= 11 is 0. The van der Waals surface area contributed by atoms with Gasteiger partial charge in [0.1, 0.15) is 5.69 Å². The van der Waals surface area contributed by atoms with Crippen molar-refractivity contribution >= 4 is 23.1 Å². The predicted molar refractivity (Wildman–Crippen MR) is 93.0 cm³/mol. The molecule has 1 saturated heterocycles. The van der Waals surface area contributed by atoms with Gasteiger partial charge < -0.3 is 9.64 Å². The number of nitrogens with zero attached hydrogens (tertiary/aromatic N) is 3. The highest BCUT2D eigenvalue weighted by molar-refractivity contribution is 5.95. The number of Topliss-reactive ketones (excluding diaryl/α,β-unsaturated/α-hetero) is 1. The molecule has 0 N–H and O–H groups in total. The van der Waals surface area contributed by atoms with E-state index in [2.05, 4.69) is 0 Å². The third-order valence-electron chi connectivity index (χ3n) is 4.17. The maximum atomic E-state index is 11.6. The summed E-state index contributed by atoms with van der Waals surface area (Å²) in [5.41, 5.74) is 0.772. The second kappa shape index (κ2) is 8.57. The quantitative estimate of drug-likeness (QED) is 0.335. The summed E-state index contributed by atoms with van der Waals surface area (Å²) in [5.74, 6) is -0.459. The average molecular weight is 349 g/mol. The normalized spacial score (nSPS) is 15.5. The molecule has 8 heteroatoms. The molecule has 1 heterocycles. The lowest BCUT2D eigenvalue weighted by Gasteiger charge is -2.23. The number of benzene rings is 1. The third kappa shape index (κ3) is 4.99. The SMILES string of the molecule is CCOC(=O)CN1CCCN(c2ccc(C(C)=O)cc2[N+](=O)[O-])CC1. The number of carbonyl (C=O) groups is 2. The molecule has 1 aromatic rings. The Morgan fingerprint density at radius 1 is 1.24 bits per heavy atom. The second-order valence-electron chi connectivity index (χ2n) is 5.94. The lowest BCUT2D eigenvalue weighted by Crippen LogP contribution is -2.35. The number of nitro groups is 1. The molecule has 0 bridgehead atoms. The Balaban J connectivity index is 2.13. The first-order valence-corrected chi connectivity index (χ1v) is 8.34. The first kappa shape index (κ1) is 18.9. The van der Waals surface area contributed by atoms with Crippen LogP contribution >= 0.6 is 0 Å². The van der Waals surface area contributed by atoms with E-state index in [1.54, 1.807) is 19.1 Å². The molecule has 0 unspecified atom stereocenters. The minimum Gasteiger partial charge on any atom is -0.465 e. The smallest absolute Gasteiger partial charge is 0.320 e. The Hall–Kier alpha value is -2.48. The van der Waals surface area contributed by atoms with Crippen LogP contribution in [0, 0.1) is 10.1 Å². The Kier molecular flexibility index (Phi) is 6.46. The van der Waals surface area contributed by atoms with E-state index in [1.807, 2.05) is 9.80 Å². The van der Waals surface area contributed by atoms with Crippen molar-refractivity contribution in [3.63, 3.8) is 0 Å². The van der Waals surface area contributed by atoms with Gasteiger partial charge in [0.2, 0.25) is 0 Å². The Morgan fingerprint density at radius 3 is 2.64 bits per heavy atom. The molecule has 8 nitrogen and oxygen atoms in total. The lowest BCUT2D eigenvalue weighted by atomic mass is 10.1. The van der Waals surface area contributed by atoms with Crippen LogP contribution < -0.4 is 4.90 Å². The highest BCUT2D eigenvalue weighted by Gasteiger charge is 2.24. The van der Waals surface area contributed by atoms with Crippen molar-refractivity contribution in [1.82, 2.24) is 4.90 Å². The Labute approximate surface area is 146 Å². The standard InChI is InChI=1S/C17H23N3O5/c1-3-25-17(22)12-18-7-4-8-19(10-9-18)15-6-5-14(13(2)21)11-16(15)20(23)24/h5-6,11H,3-4,7-10,12H2,1-2H3. The zero-order valence-electron chi connectivity index (χ0n) is 14.6. The van der Waals surface area contributed by atoms with Gasteiger partial charge >= 0.3 is 5.97 Å². The number of ketones is 1. The van der Waals surface area contributed by atoms with E-state index in [0.29, 0.717) is 37.5 Å². The molecule has 0 amide bonds. The number of nitro benzene ring substituents is 1. The van der Waals surface area contributed by atoms with Gasteiger partial charge in [-0.15, -0.1) is 0 Å². The molecule has 0 aromatic heterocycles. The van der Waals surface area contributed by atoms with Gasteiger partial charge in [0, 0.05) is 37.8 Å². The van der Waals surface area contributed by atoms with Crippen molar-refractivity contribution in [1.29, 1.82) is 0 Å². The van der Waals surface area contributed by atoms with Crippen LogP contribution in [0.2, 0.25) is 0 Å². The van der Waals surface area contributed by atoms with E-state index in [1.165, 1.54) is 13.0 Å². The molecule has 2 rings (SSSR count). The van der Waals surface area contributed by atoms with E-state index in [9.17, 15) is 19.7 Å². The number of carbonyl (C=O) groups excluding carboxylic acids is 2. The van der Waals surface area contributed by atoms with Crippen molar-refractivity contribution in [2.45, 2.75) is 20.3 Å². The van der Waals surface area contributed by atoms with Gasteiger partial charge in [0.15, 0.2) is 5.78 Å². The largest absolute Gasteiger partial charge is 0.465 e. The van der Waals surface area contributed by atoms with E-state index in [4.69, 9.17) is 4.74 Å². The summed E-state index contributed by atoms with van der Waals surface area (Å²) in [4.78, 5) is 38.0. The monoisotopic (exact) mass is 349 g/mol. The molecule has 0 saturated carbocycles. The van der Waals surface area contributed by atoms with Gasteiger partial charge in [-0.05, 0) is 32.4 Å². The summed E-state index contributed by atoms with van der Waals surface area (Å²) in [6, 6.07) is 4.58. The van der Waals surface area contributed by atoms with E-state index in [0.717, 1.165) is 13.0 Å². The van der Waals surface area contributed by atoms with Crippen LogP contribution in [0.25, 0.3) is 0 Å². The molecule has 25 heavy (non-hydrogen) atoms. The minimum atomic E-state index is -0.455. The second-order valence-corrected chi connectivity index (χ2v) is 5.94. The maximum Gasteiger partial charge on any atom is 0.320 e. The van der Waals surface area contributed by atoms with Gasteiger partial charge in [-0.2, -0.15) is 0 Å². The number of hydrogen-bond acceptors (Lipinski definition) is 7. The van der Waals surface area contributed by atoms with E-state index in [-0.39, 0.29) is 24.0 Å². The Morgan fingerprint density at radius 2 is 2.00 bits per heavy atom. The van der Waals surface area contributed by atoms with Crippen LogP contribution in [0.3, 0.4) is 0 Å². The van der Waals surface area contributed by atoms with Gasteiger partial charge in [0.25, 0.3) is 5.69 Å². The van der Waals surface area contributed by atoms with E-state index >= 15 is 0 Å². The van der Waals surface area contributed by atoms with Crippen LogP contribution in [0.4, 0.5) is 11.4 Å². The molecule has 1 aromatic carbocycles. The molecule has 136 valence electrons. The molecule has 0 aliphatic carbocycles. The summed E-state index contributed by atoms with van der Waals surface area (Å²) in [7, 11) is 0. The fourth-order valence-corrected chi connectivity index (χ4v) is 2.92. The van der Waals surface area contributed by atoms with Gasteiger partial charge in [-0.3, -0.25) is 24.6 Å². The fraction of sp³-hybridized carbons (Fsp3) is 0.529. The summed E-state index contributed by atoms with van der Waals surface area (Å²) in [5, 5.41) is 11.4. The topological polar surface area (TPSA) is 93.0 Å². The van der Waals surface area contributed by atoms with Crippen LogP contribution in [0.1, 0.15) is 30.6 Å². The predicted octanol–water partition coefficient (Wildman–Crippen LogP) is 1.87. The summed E-state index contributed by atoms with van der Waals surface area (Å²) < 4.78 is 4.97. The molecule has 1 fully saturated rings. The number of esters is 1. The van der Waals surface area contributed by atoms with Gasteiger partial charge in [-0.25, -0.2) is 0 Å². The van der Waals surface area contributed by atoms with Gasteiger partial charge in [0.05, 0.1) is 18.1 Å². The zero-order chi connectivity index (χ0) is 18.4. The molecule has 0 spiro atoms. The van der Waals surface area contributed by atoms with Crippen molar-refractivity contribution < 1.29 is 19.2 Å².